The zero-order valence-electron chi connectivity index (χ0n) is 17.7. The molecule has 1 atom stereocenters. The van der Waals surface area contributed by atoms with Crippen LogP contribution in [0.4, 0.5) is 21.0 Å². The van der Waals surface area contributed by atoms with E-state index >= 15 is 0 Å². The fraction of sp³-hybridized carbons (Fsp3) is 0.167. The Morgan fingerprint density at radius 3 is 2.09 bits per heavy atom. The van der Waals surface area contributed by atoms with Gasteiger partial charge in [0, 0.05) is 11.8 Å². The maximum absolute atomic E-state index is 12.0. The topological polar surface area (TPSA) is 99.5 Å². The van der Waals surface area contributed by atoms with Crippen molar-refractivity contribution in [3.8, 4) is 17.2 Å². The molecule has 0 aliphatic heterocycles. The van der Waals surface area contributed by atoms with Crippen LogP contribution in [0, 0.1) is 0 Å². The van der Waals surface area contributed by atoms with Crippen molar-refractivity contribution in [2.24, 2.45) is 0 Å². The molecule has 166 valence electrons. The molecule has 8 heteroatoms. The van der Waals surface area contributed by atoms with Gasteiger partial charge in [-0.05, 0) is 43.3 Å². The van der Waals surface area contributed by atoms with E-state index in [0.717, 1.165) is 9.80 Å². The fourth-order valence-electron chi connectivity index (χ4n) is 3.33. The van der Waals surface area contributed by atoms with Crippen LogP contribution in [0.5, 0.6) is 17.2 Å². The van der Waals surface area contributed by atoms with Crippen molar-refractivity contribution in [2.45, 2.75) is 13.0 Å². The summed E-state index contributed by atoms with van der Waals surface area (Å²) in [5, 5.41) is 19.5. The molecular weight excluding hydrogens is 412 g/mol. The Balaban J connectivity index is 1.85. The predicted octanol–water partition coefficient (Wildman–Crippen LogP) is 5.55. The number of nitrogens with zero attached hydrogens (tertiary/aromatic N) is 2. The van der Waals surface area contributed by atoms with E-state index in [0.29, 0.717) is 28.6 Å². The molecule has 0 aromatic heterocycles. The Morgan fingerprint density at radius 1 is 0.844 bits per heavy atom. The number of ether oxygens (including phenoxy) is 2. The van der Waals surface area contributed by atoms with E-state index < -0.39 is 18.2 Å². The van der Waals surface area contributed by atoms with Crippen molar-refractivity contribution in [3.05, 3.63) is 78.9 Å². The van der Waals surface area contributed by atoms with E-state index in [-0.39, 0.29) is 6.54 Å². The Kier molecular flexibility index (Phi) is 7.17. The summed E-state index contributed by atoms with van der Waals surface area (Å²) in [5.41, 5.74) is 0.821. The fourth-order valence-corrected chi connectivity index (χ4v) is 3.33. The monoisotopic (exact) mass is 436 g/mol. The first-order valence-corrected chi connectivity index (χ1v) is 9.89. The van der Waals surface area contributed by atoms with Gasteiger partial charge in [0.25, 0.3) is 0 Å². The molecule has 8 nitrogen and oxygen atoms in total. The summed E-state index contributed by atoms with van der Waals surface area (Å²) >= 11 is 0. The van der Waals surface area contributed by atoms with E-state index in [4.69, 9.17) is 9.47 Å². The Hall–Kier alpha value is -4.20. The highest BCUT2D eigenvalue weighted by molar-refractivity contribution is 5.89. The van der Waals surface area contributed by atoms with Gasteiger partial charge < -0.3 is 19.7 Å². The van der Waals surface area contributed by atoms with Gasteiger partial charge in [-0.3, -0.25) is 9.80 Å². The molecule has 3 aromatic rings. The molecule has 0 fully saturated rings. The third-order valence-electron chi connectivity index (χ3n) is 4.79. The lowest BCUT2D eigenvalue weighted by atomic mass is 10.2. The lowest BCUT2D eigenvalue weighted by Crippen LogP contribution is -2.46. The summed E-state index contributed by atoms with van der Waals surface area (Å²) < 4.78 is 11.2. The first-order chi connectivity index (χ1) is 15.4. The Morgan fingerprint density at radius 2 is 1.47 bits per heavy atom. The van der Waals surface area contributed by atoms with Crippen molar-refractivity contribution < 1.29 is 29.3 Å². The number of hydrogen-bond acceptors (Lipinski definition) is 4. The molecule has 0 aliphatic carbocycles. The van der Waals surface area contributed by atoms with Crippen molar-refractivity contribution in [2.75, 3.05) is 23.5 Å². The average molecular weight is 436 g/mol. The largest absolute Gasteiger partial charge is 0.493 e. The quantitative estimate of drug-likeness (QED) is 0.481. The molecule has 3 rings (SSSR count). The van der Waals surface area contributed by atoms with Gasteiger partial charge in [-0.1, -0.05) is 36.4 Å². The molecule has 0 spiro atoms. The molecule has 0 aliphatic rings. The summed E-state index contributed by atoms with van der Waals surface area (Å²) in [7, 11) is 1.53. The summed E-state index contributed by atoms with van der Waals surface area (Å²) in [4.78, 5) is 26.1. The highest BCUT2D eigenvalue weighted by Crippen LogP contribution is 2.32. The minimum Gasteiger partial charge on any atom is -0.493 e. The van der Waals surface area contributed by atoms with Crippen molar-refractivity contribution in [3.63, 3.8) is 0 Å². The molecule has 0 unspecified atom stereocenters. The number of rotatable bonds is 8. The van der Waals surface area contributed by atoms with Gasteiger partial charge in [0.2, 0.25) is 0 Å². The third-order valence-corrected chi connectivity index (χ3v) is 4.79. The second-order valence-electron chi connectivity index (χ2n) is 6.98. The molecular formula is C24H24N2O6. The molecule has 0 heterocycles. The second kappa shape index (κ2) is 10.2. The van der Waals surface area contributed by atoms with Crippen LogP contribution in [0.25, 0.3) is 0 Å². The van der Waals surface area contributed by atoms with Crippen molar-refractivity contribution >= 4 is 23.6 Å². The molecule has 2 N–H and O–H groups in total. The molecule has 0 bridgehead atoms. The smallest absolute Gasteiger partial charge is 0.412 e. The van der Waals surface area contributed by atoms with E-state index in [1.165, 1.54) is 7.11 Å². The second-order valence-corrected chi connectivity index (χ2v) is 6.98. The van der Waals surface area contributed by atoms with Crippen molar-refractivity contribution in [1.82, 2.24) is 0 Å². The molecule has 0 saturated carbocycles. The van der Waals surface area contributed by atoms with Gasteiger partial charge in [0.05, 0.1) is 25.4 Å². The number of hydrogen-bond donors (Lipinski definition) is 2. The number of benzene rings is 3. The number of anilines is 2. The van der Waals surface area contributed by atoms with E-state index in [2.05, 4.69) is 0 Å². The van der Waals surface area contributed by atoms with Crippen LogP contribution >= 0.6 is 0 Å². The van der Waals surface area contributed by atoms with Gasteiger partial charge >= 0.3 is 12.2 Å². The SMILES string of the molecule is COc1ccccc1Oc1cccc(N(C[C@H](C)N(C(=O)O)c2ccccc2)C(=O)O)c1. The maximum Gasteiger partial charge on any atom is 0.412 e. The van der Waals surface area contributed by atoms with Crippen LogP contribution in [0.1, 0.15) is 6.92 Å². The highest BCUT2D eigenvalue weighted by Gasteiger charge is 2.26. The number of methoxy groups -OCH3 is 1. The van der Waals surface area contributed by atoms with Crippen LogP contribution in [0.15, 0.2) is 78.9 Å². The Labute approximate surface area is 185 Å². The molecule has 3 aromatic carbocycles. The summed E-state index contributed by atoms with van der Waals surface area (Å²) in [6.45, 7) is 1.58. The van der Waals surface area contributed by atoms with Gasteiger partial charge in [-0.2, -0.15) is 0 Å². The summed E-state index contributed by atoms with van der Waals surface area (Å²) in [6, 6.07) is 21.6. The molecule has 2 amide bonds. The number of carboxylic acid groups (broad SMARTS) is 2. The van der Waals surface area contributed by atoms with Gasteiger partial charge in [0.1, 0.15) is 5.75 Å². The molecule has 0 saturated heterocycles. The van der Waals surface area contributed by atoms with Crippen LogP contribution in [0.3, 0.4) is 0 Å². The molecule has 32 heavy (non-hydrogen) atoms. The normalized spacial score (nSPS) is 11.3. The summed E-state index contributed by atoms with van der Waals surface area (Å²) in [5.74, 6) is 1.45. The van der Waals surface area contributed by atoms with Gasteiger partial charge in [-0.25, -0.2) is 9.59 Å². The molecule has 0 radical (unpaired) electrons. The number of amides is 2. The van der Waals surface area contributed by atoms with E-state index in [1.54, 1.807) is 79.7 Å². The standard InChI is InChI=1S/C24H24N2O6/c1-17(26(24(29)30)18-9-4-3-5-10-18)16-25(23(27)28)19-11-8-12-20(15-19)32-22-14-7-6-13-21(22)31-2/h3-15,17H,16H2,1-2H3,(H,27,28)(H,29,30)/t17-/m0/s1. The van der Waals surface area contributed by atoms with Crippen LogP contribution in [-0.4, -0.2) is 42.1 Å². The predicted molar refractivity (Wildman–Crippen MR) is 121 cm³/mol. The van der Waals surface area contributed by atoms with Crippen molar-refractivity contribution in [1.29, 1.82) is 0 Å². The first-order valence-electron chi connectivity index (χ1n) is 9.89. The minimum atomic E-state index is -1.20. The minimum absolute atomic E-state index is 0.0748. The first kappa shape index (κ1) is 22.5. The van der Waals surface area contributed by atoms with Gasteiger partial charge in [0.15, 0.2) is 11.5 Å². The van der Waals surface area contributed by atoms with E-state index in [1.807, 2.05) is 6.07 Å². The maximum atomic E-state index is 12.0. The third kappa shape index (κ3) is 5.28. The van der Waals surface area contributed by atoms with E-state index in [9.17, 15) is 19.8 Å². The van der Waals surface area contributed by atoms with Crippen LogP contribution in [-0.2, 0) is 0 Å². The zero-order chi connectivity index (χ0) is 23.1. The zero-order valence-corrected chi connectivity index (χ0v) is 17.7. The van der Waals surface area contributed by atoms with Crippen LogP contribution in [0.2, 0.25) is 0 Å². The number of carbonyl (C=O) groups is 2. The van der Waals surface area contributed by atoms with Gasteiger partial charge in [-0.15, -0.1) is 0 Å². The average Bonchev–Trinajstić information content (AvgIpc) is 2.78. The lowest BCUT2D eigenvalue weighted by Gasteiger charge is -2.30. The Bertz CT molecular complexity index is 1070. The number of para-hydroxylation sites is 3. The highest BCUT2D eigenvalue weighted by atomic mass is 16.5. The lowest BCUT2D eigenvalue weighted by molar-refractivity contribution is 0.195. The summed E-state index contributed by atoms with van der Waals surface area (Å²) in [6.07, 6.45) is -2.37. The van der Waals surface area contributed by atoms with Crippen LogP contribution < -0.4 is 19.3 Å².